The molecule has 0 aliphatic heterocycles. The van der Waals surface area contributed by atoms with E-state index in [1.54, 1.807) is 42.5 Å². The van der Waals surface area contributed by atoms with Gasteiger partial charge in [0.05, 0.1) is 25.2 Å². The van der Waals surface area contributed by atoms with E-state index >= 15 is 0 Å². The molecule has 3 aromatic carbocycles. The van der Waals surface area contributed by atoms with E-state index in [0.717, 1.165) is 29.8 Å². The van der Waals surface area contributed by atoms with Crippen LogP contribution in [0.25, 0.3) is 0 Å². The summed E-state index contributed by atoms with van der Waals surface area (Å²) in [5.41, 5.74) is 1.24. The van der Waals surface area contributed by atoms with Gasteiger partial charge in [-0.25, -0.2) is 17.5 Å². The Morgan fingerprint density at radius 3 is 2.29 bits per heavy atom. The van der Waals surface area contributed by atoms with Gasteiger partial charge < -0.3 is 14.8 Å². The first-order valence-corrected chi connectivity index (χ1v) is 12.1. The number of amides is 1. The lowest BCUT2D eigenvalue weighted by molar-refractivity contribution is -0.121. The Balaban J connectivity index is 1.88. The molecular formula is C24H24ClFN2O5S. The van der Waals surface area contributed by atoms with Crippen LogP contribution in [0.2, 0.25) is 5.02 Å². The summed E-state index contributed by atoms with van der Waals surface area (Å²) in [4.78, 5) is 12.7. The van der Waals surface area contributed by atoms with E-state index in [1.807, 2.05) is 0 Å². The lowest BCUT2D eigenvalue weighted by atomic mass is 10.0. The second-order valence-corrected chi connectivity index (χ2v) is 9.47. The fourth-order valence-electron chi connectivity index (χ4n) is 3.33. The van der Waals surface area contributed by atoms with E-state index in [9.17, 15) is 17.6 Å². The zero-order chi connectivity index (χ0) is 24.7. The summed E-state index contributed by atoms with van der Waals surface area (Å²) in [5, 5.41) is 3.36. The molecule has 0 heterocycles. The van der Waals surface area contributed by atoms with Crippen molar-refractivity contribution in [3.8, 4) is 11.5 Å². The molecule has 7 nitrogen and oxygen atoms in total. The fraction of sp³-hybridized carbons (Fsp3) is 0.208. The van der Waals surface area contributed by atoms with Gasteiger partial charge in [-0.2, -0.15) is 0 Å². The van der Waals surface area contributed by atoms with Gasteiger partial charge in [0.15, 0.2) is 11.5 Å². The van der Waals surface area contributed by atoms with E-state index in [2.05, 4.69) is 10.0 Å². The molecule has 1 atom stereocenters. The smallest absolute Gasteiger partial charge is 0.241 e. The molecule has 0 fully saturated rings. The molecule has 0 radical (unpaired) electrons. The minimum absolute atomic E-state index is 0.137. The molecule has 3 aromatic rings. The second-order valence-electron chi connectivity index (χ2n) is 7.32. The molecule has 0 spiro atoms. The first kappa shape index (κ1) is 25.5. The number of carbonyl (C=O) groups excluding carboxylic acids is 1. The molecule has 1 amide bonds. The van der Waals surface area contributed by atoms with Crippen molar-refractivity contribution in [2.75, 3.05) is 14.2 Å². The molecule has 2 N–H and O–H groups in total. The second kappa shape index (κ2) is 11.3. The van der Waals surface area contributed by atoms with E-state index in [-0.39, 0.29) is 17.9 Å². The van der Waals surface area contributed by atoms with Gasteiger partial charge in [0, 0.05) is 23.6 Å². The molecule has 0 bridgehead atoms. The molecule has 0 unspecified atom stereocenters. The zero-order valence-electron chi connectivity index (χ0n) is 18.5. The average molecular weight is 507 g/mol. The summed E-state index contributed by atoms with van der Waals surface area (Å²) < 4.78 is 52.7. The van der Waals surface area contributed by atoms with E-state index in [0.29, 0.717) is 22.1 Å². The normalized spacial score (nSPS) is 12.1. The highest BCUT2D eigenvalue weighted by Gasteiger charge is 2.27. The standard InChI is InChI=1S/C24H24ClFN2O5S/c1-32-22-5-3-4-20(24(22)33-2)21(28-34(30,31)19-12-10-18(26)11-13-19)14-23(29)27-15-16-6-8-17(25)9-7-16/h3-13,21,28H,14-15H2,1-2H3,(H,27,29)/t21-/m0/s1. The van der Waals surface area contributed by atoms with Crippen molar-refractivity contribution in [3.05, 3.63) is 88.7 Å². The van der Waals surface area contributed by atoms with Gasteiger partial charge in [-0.05, 0) is 48.0 Å². The number of hydrogen-bond donors (Lipinski definition) is 2. The Morgan fingerprint density at radius 1 is 1.00 bits per heavy atom. The number of sulfonamides is 1. The average Bonchev–Trinajstić information content (AvgIpc) is 2.82. The molecule has 3 rings (SSSR count). The van der Waals surface area contributed by atoms with Gasteiger partial charge in [-0.1, -0.05) is 35.9 Å². The fourth-order valence-corrected chi connectivity index (χ4v) is 4.67. The summed E-state index contributed by atoms with van der Waals surface area (Å²) in [6, 6.07) is 15.4. The first-order valence-electron chi connectivity index (χ1n) is 10.2. The number of benzene rings is 3. The lowest BCUT2D eigenvalue weighted by Crippen LogP contribution is -2.34. The number of rotatable bonds is 10. The summed E-state index contributed by atoms with van der Waals surface area (Å²) in [7, 11) is -1.21. The predicted octanol–water partition coefficient (Wildman–Crippen LogP) is 4.22. The third-order valence-electron chi connectivity index (χ3n) is 5.02. The SMILES string of the molecule is COc1cccc([C@H](CC(=O)NCc2ccc(Cl)cc2)NS(=O)(=O)c2ccc(F)cc2)c1OC. The predicted molar refractivity (Wildman–Crippen MR) is 127 cm³/mol. The number of ether oxygens (including phenoxy) is 2. The quantitative estimate of drug-likeness (QED) is 0.429. The van der Waals surface area contributed by atoms with Crippen molar-refractivity contribution in [1.29, 1.82) is 0 Å². The number of nitrogens with one attached hydrogen (secondary N) is 2. The summed E-state index contributed by atoms with van der Waals surface area (Å²) in [5.74, 6) is -0.284. The number of halogens is 2. The molecule has 0 aromatic heterocycles. The van der Waals surface area contributed by atoms with E-state index in [1.165, 1.54) is 14.2 Å². The summed E-state index contributed by atoms with van der Waals surface area (Å²) in [6.45, 7) is 0.239. The molecule has 0 aliphatic rings. The Morgan fingerprint density at radius 2 is 1.68 bits per heavy atom. The minimum atomic E-state index is -4.09. The number of para-hydroxylation sites is 1. The van der Waals surface area contributed by atoms with Crippen LogP contribution in [0.5, 0.6) is 11.5 Å². The lowest BCUT2D eigenvalue weighted by Gasteiger charge is -2.22. The maximum Gasteiger partial charge on any atom is 0.241 e. The van der Waals surface area contributed by atoms with Crippen molar-refractivity contribution >= 4 is 27.5 Å². The summed E-state index contributed by atoms with van der Waals surface area (Å²) >= 11 is 5.89. The highest BCUT2D eigenvalue weighted by Crippen LogP contribution is 2.36. The van der Waals surface area contributed by atoms with Crippen LogP contribution in [0.15, 0.2) is 71.6 Å². The highest BCUT2D eigenvalue weighted by atomic mass is 35.5. The Hall–Kier alpha value is -3.14. The highest BCUT2D eigenvalue weighted by molar-refractivity contribution is 7.89. The monoisotopic (exact) mass is 506 g/mol. The third kappa shape index (κ3) is 6.47. The third-order valence-corrected chi connectivity index (χ3v) is 6.76. The topological polar surface area (TPSA) is 93.7 Å². The molecular weight excluding hydrogens is 483 g/mol. The van der Waals surface area contributed by atoms with Crippen molar-refractivity contribution in [2.45, 2.75) is 23.9 Å². The molecule has 0 saturated carbocycles. The summed E-state index contributed by atoms with van der Waals surface area (Å²) in [6.07, 6.45) is -0.225. The number of carbonyl (C=O) groups is 1. The van der Waals surface area contributed by atoms with Crippen molar-refractivity contribution in [1.82, 2.24) is 10.0 Å². The zero-order valence-corrected chi connectivity index (χ0v) is 20.1. The largest absolute Gasteiger partial charge is 0.493 e. The molecule has 0 saturated heterocycles. The van der Waals surface area contributed by atoms with Crippen LogP contribution in [0, 0.1) is 5.82 Å². The minimum Gasteiger partial charge on any atom is -0.493 e. The van der Waals surface area contributed by atoms with Gasteiger partial charge in [0.2, 0.25) is 15.9 Å². The van der Waals surface area contributed by atoms with Crippen molar-refractivity contribution < 1.29 is 27.1 Å². The van der Waals surface area contributed by atoms with E-state index < -0.39 is 27.8 Å². The van der Waals surface area contributed by atoms with Crippen LogP contribution < -0.4 is 19.5 Å². The van der Waals surface area contributed by atoms with Crippen LogP contribution in [-0.2, 0) is 21.4 Å². The van der Waals surface area contributed by atoms with Gasteiger partial charge in [0.25, 0.3) is 0 Å². The van der Waals surface area contributed by atoms with Gasteiger partial charge in [0.1, 0.15) is 5.82 Å². The Labute approximate surface area is 202 Å². The van der Waals surface area contributed by atoms with Crippen molar-refractivity contribution in [3.63, 3.8) is 0 Å². The van der Waals surface area contributed by atoms with Crippen LogP contribution >= 0.6 is 11.6 Å². The molecule has 34 heavy (non-hydrogen) atoms. The van der Waals surface area contributed by atoms with Gasteiger partial charge >= 0.3 is 0 Å². The molecule has 0 aliphatic carbocycles. The van der Waals surface area contributed by atoms with E-state index in [4.69, 9.17) is 21.1 Å². The Kier molecular flexibility index (Phi) is 8.49. The van der Waals surface area contributed by atoms with Crippen LogP contribution in [-0.4, -0.2) is 28.5 Å². The number of methoxy groups -OCH3 is 2. The maximum atomic E-state index is 13.3. The maximum absolute atomic E-state index is 13.3. The van der Waals surface area contributed by atoms with Gasteiger partial charge in [-0.15, -0.1) is 0 Å². The van der Waals surface area contributed by atoms with Gasteiger partial charge in [-0.3, -0.25) is 4.79 Å². The molecule has 180 valence electrons. The number of hydrogen-bond acceptors (Lipinski definition) is 5. The van der Waals surface area contributed by atoms with Crippen LogP contribution in [0.1, 0.15) is 23.6 Å². The first-order chi connectivity index (χ1) is 16.2. The van der Waals surface area contributed by atoms with Crippen LogP contribution in [0.4, 0.5) is 4.39 Å². The van der Waals surface area contributed by atoms with Crippen LogP contribution in [0.3, 0.4) is 0 Å². The van der Waals surface area contributed by atoms with Crippen molar-refractivity contribution in [2.24, 2.45) is 0 Å². The Bertz CT molecular complexity index is 1240. The molecule has 10 heteroatoms.